The van der Waals surface area contributed by atoms with Gasteiger partial charge in [0, 0.05) is 11.4 Å². The van der Waals surface area contributed by atoms with Crippen molar-refractivity contribution in [2.24, 2.45) is 4.99 Å². The Hall–Kier alpha value is -3.14. The first-order valence-corrected chi connectivity index (χ1v) is 8.07. The topological polar surface area (TPSA) is 43.6 Å². The number of carbonyl (C=O) groups excluding carboxylic acids is 1. The number of aryl methyl sites for hydroxylation is 1. The van der Waals surface area contributed by atoms with E-state index in [4.69, 9.17) is 4.74 Å². The van der Waals surface area contributed by atoms with Crippen molar-refractivity contribution in [3.05, 3.63) is 83.2 Å². The Morgan fingerprint density at radius 1 is 1.00 bits per heavy atom. The summed E-state index contributed by atoms with van der Waals surface area (Å²) in [6.07, 6.45) is 1.82. The highest BCUT2D eigenvalue weighted by atomic mass is 16.5. The van der Waals surface area contributed by atoms with Crippen LogP contribution in [0.5, 0.6) is 0 Å². The normalized spacial score (nSPS) is 11.0. The second-order valence-corrected chi connectivity index (χ2v) is 5.77. The maximum atomic E-state index is 11.8. The van der Waals surface area contributed by atoms with Gasteiger partial charge in [-0.25, -0.2) is 4.79 Å². The number of hydrogen-bond acceptors (Lipinski definition) is 3. The molecule has 3 rings (SSSR count). The Balaban J connectivity index is 1.98. The molecule has 0 atom stereocenters. The molecule has 2 aromatic carbocycles. The molecule has 0 N–H and O–H groups in total. The summed E-state index contributed by atoms with van der Waals surface area (Å²) in [5.41, 5.74) is 5.29. The molecule has 0 amide bonds. The molecule has 0 aliphatic heterocycles. The van der Waals surface area contributed by atoms with Gasteiger partial charge in [-0.3, -0.25) is 4.99 Å². The molecular formula is C21H20N2O2. The van der Waals surface area contributed by atoms with Gasteiger partial charge in [-0.05, 0) is 55.8 Å². The van der Waals surface area contributed by atoms with Crippen molar-refractivity contribution in [2.45, 2.75) is 13.8 Å². The van der Waals surface area contributed by atoms with Gasteiger partial charge in [0.15, 0.2) is 0 Å². The molecule has 126 valence electrons. The largest absolute Gasteiger partial charge is 0.465 e. The Labute approximate surface area is 147 Å². The highest BCUT2D eigenvalue weighted by Crippen LogP contribution is 2.23. The highest BCUT2D eigenvalue weighted by molar-refractivity contribution is 5.93. The van der Waals surface area contributed by atoms with Gasteiger partial charge in [-0.2, -0.15) is 0 Å². The third-order valence-corrected chi connectivity index (χ3v) is 4.17. The summed E-state index contributed by atoms with van der Waals surface area (Å²) < 4.78 is 6.96. The van der Waals surface area contributed by atoms with Gasteiger partial charge in [0.05, 0.1) is 30.3 Å². The molecule has 0 saturated carbocycles. The van der Waals surface area contributed by atoms with Crippen molar-refractivity contribution in [1.82, 2.24) is 4.57 Å². The van der Waals surface area contributed by atoms with Crippen LogP contribution >= 0.6 is 0 Å². The van der Waals surface area contributed by atoms with E-state index in [2.05, 4.69) is 34.7 Å². The predicted octanol–water partition coefficient (Wildman–Crippen LogP) is 4.63. The number of para-hydroxylation sites is 1. The van der Waals surface area contributed by atoms with Crippen molar-refractivity contribution in [2.75, 3.05) is 7.11 Å². The quantitative estimate of drug-likeness (QED) is 0.516. The number of carbonyl (C=O) groups is 1. The van der Waals surface area contributed by atoms with Crippen LogP contribution in [0.1, 0.15) is 27.3 Å². The highest BCUT2D eigenvalue weighted by Gasteiger charge is 2.11. The summed E-state index contributed by atoms with van der Waals surface area (Å²) >= 11 is 0. The van der Waals surface area contributed by atoms with Gasteiger partial charge in [-0.1, -0.05) is 24.3 Å². The summed E-state index contributed by atoms with van der Waals surface area (Å²) in [7, 11) is 1.38. The average molecular weight is 332 g/mol. The van der Waals surface area contributed by atoms with E-state index in [1.165, 1.54) is 7.11 Å². The fourth-order valence-electron chi connectivity index (χ4n) is 2.82. The maximum absolute atomic E-state index is 11.8. The van der Waals surface area contributed by atoms with E-state index in [0.29, 0.717) is 5.56 Å². The Kier molecular flexibility index (Phi) is 4.80. The summed E-state index contributed by atoms with van der Waals surface area (Å²) in [4.78, 5) is 16.4. The van der Waals surface area contributed by atoms with Gasteiger partial charge < -0.3 is 9.30 Å². The van der Waals surface area contributed by atoms with Crippen LogP contribution < -0.4 is 0 Å². The fraction of sp³-hybridized carbons (Fsp3) is 0.143. The van der Waals surface area contributed by atoms with Crippen LogP contribution in [0.2, 0.25) is 0 Å². The number of rotatable bonds is 4. The zero-order valence-corrected chi connectivity index (χ0v) is 14.6. The van der Waals surface area contributed by atoms with Crippen LogP contribution in [-0.2, 0) is 4.74 Å². The Morgan fingerprint density at radius 2 is 1.76 bits per heavy atom. The number of ether oxygens (including phenoxy) is 1. The Morgan fingerprint density at radius 3 is 2.48 bits per heavy atom. The minimum atomic E-state index is -0.349. The number of hydrogen-bond donors (Lipinski definition) is 0. The van der Waals surface area contributed by atoms with Crippen LogP contribution in [0.3, 0.4) is 0 Å². The van der Waals surface area contributed by atoms with Gasteiger partial charge in [-0.15, -0.1) is 0 Å². The molecular weight excluding hydrogens is 312 g/mol. The van der Waals surface area contributed by atoms with Gasteiger partial charge in [0.2, 0.25) is 0 Å². The van der Waals surface area contributed by atoms with E-state index in [-0.39, 0.29) is 5.97 Å². The monoisotopic (exact) mass is 332 g/mol. The first-order valence-electron chi connectivity index (χ1n) is 8.07. The van der Waals surface area contributed by atoms with Crippen molar-refractivity contribution in [3.63, 3.8) is 0 Å². The number of nitrogens with zero attached hydrogens (tertiary/aromatic N) is 2. The SMILES string of the molecule is COC(=O)c1cccc(N=Cc2ccc(C)n2-c2ccccc2)c1C. The molecule has 25 heavy (non-hydrogen) atoms. The van der Waals surface area contributed by atoms with Crippen molar-refractivity contribution >= 4 is 17.9 Å². The van der Waals surface area contributed by atoms with Crippen LogP contribution in [0.25, 0.3) is 5.69 Å². The molecule has 4 nitrogen and oxygen atoms in total. The first-order chi connectivity index (χ1) is 12.1. The zero-order valence-electron chi connectivity index (χ0n) is 14.6. The molecule has 0 fully saturated rings. The molecule has 0 unspecified atom stereocenters. The molecule has 0 radical (unpaired) electrons. The minimum Gasteiger partial charge on any atom is -0.465 e. The predicted molar refractivity (Wildman–Crippen MR) is 100 cm³/mol. The number of aliphatic imine (C=N–C) groups is 1. The molecule has 1 aromatic heterocycles. The lowest BCUT2D eigenvalue weighted by Gasteiger charge is -2.09. The van der Waals surface area contributed by atoms with Crippen LogP contribution in [0.4, 0.5) is 5.69 Å². The molecule has 0 bridgehead atoms. The number of esters is 1. The summed E-state index contributed by atoms with van der Waals surface area (Å²) in [5.74, 6) is -0.349. The molecule has 1 heterocycles. The summed E-state index contributed by atoms with van der Waals surface area (Å²) in [6.45, 7) is 3.94. The van der Waals surface area contributed by atoms with Gasteiger partial charge >= 0.3 is 5.97 Å². The second kappa shape index (κ2) is 7.18. The lowest BCUT2D eigenvalue weighted by Crippen LogP contribution is -2.03. The fourth-order valence-corrected chi connectivity index (χ4v) is 2.82. The molecule has 0 aliphatic rings. The maximum Gasteiger partial charge on any atom is 0.338 e. The van der Waals surface area contributed by atoms with Crippen LogP contribution in [0.15, 0.2) is 65.7 Å². The minimum absolute atomic E-state index is 0.349. The number of methoxy groups -OCH3 is 1. The van der Waals surface area contributed by atoms with E-state index in [1.807, 2.05) is 49.5 Å². The Bertz CT molecular complexity index is 924. The third-order valence-electron chi connectivity index (χ3n) is 4.17. The van der Waals surface area contributed by atoms with E-state index in [0.717, 1.165) is 28.3 Å². The average Bonchev–Trinajstić information content (AvgIpc) is 3.01. The number of benzene rings is 2. The van der Waals surface area contributed by atoms with E-state index in [1.54, 1.807) is 6.07 Å². The van der Waals surface area contributed by atoms with Crippen LogP contribution in [0, 0.1) is 13.8 Å². The van der Waals surface area contributed by atoms with E-state index >= 15 is 0 Å². The standard InChI is InChI=1S/C21H20N2O2/c1-15-12-13-18(23(15)17-8-5-4-6-9-17)14-22-20-11-7-10-19(16(20)2)21(24)25-3/h4-14H,1-3H3. The second-order valence-electron chi connectivity index (χ2n) is 5.77. The van der Waals surface area contributed by atoms with Gasteiger partial charge in [0.25, 0.3) is 0 Å². The summed E-state index contributed by atoms with van der Waals surface area (Å²) in [5, 5.41) is 0. The smallest absolute Gasteiger partial charge is 0.338 e. The molecule has 0 spiro atoms. The van der Waals surface area contributed by atoms with Crippen molar-refractivity contribution in [1.29, 1.82) is 0 Å². The number of aromatic nitrogens is 1. The molecule has 0 saturated heterocycles. The molecule has 3 aromatic rings. The van der Waals surface area contributed by atoms with E-state index < -0.39 is 0 Å². The van der Waals surface area contributed by atoms with E-state index in [9.17, 15) is 4.79 Å². The van der Waals surface area contributed by atoms with Crippen molar-refractivity contribution < 1.29 is 9.53 Å². The first kappa shape index (κ1) is 16.7. The lowest BCUT2D eigenvalue weighted by molar-refractivity contribution is 0.0600. The summed E-state index contributed by atoms with van der Waals surface area (Å²) in [6, 6.07) is 19.7. The third kappa shape index (κ3) is 3.38. The molecule has 4 heteroatoms. The lowest BCUT2D eigenvalue weighted by atomic mass is 10.1. The molecule has 0 aliphatic carbocycles. The van der Waals surface area contributed by atoms with Gasteiger partial charge in [0.1, 0.15) is 0 Å². The van der Waals surface area contributed by atoms with Crippen molar-refractivity contribution in [3.8, 4) is 5.69 Å². The zero-order chi connectivity index (χ0) is 17.8. The van der Waals surface area contributed by atoms with Crippen LogP contribution in [-0.4, -0.2) is 23.9 Å².